The lowest BCUT2D eigenvalue weighted by molar-refractivity contribution is -0.0361. The lowest BCUT2D eigenvalue weighted by Crippen LogP contribution is -2.25. The highest BCUT2D eigenvalue weighted by molar-refractivity contribution is 5.57. The van der Waals surface area contributed by atoms with Crippen molar-refractivity contribution in [2.45, 2.75) is 18.6 Å². The maximum absolute atomic E-state index is 10.1. The van der Waals surface area contributed by atoms with E-state index in [4.69, 9.17) is 18.9 Å². The lowest BCUT2D eigenvalue weighted by Gasteiger charge is -2.30. The van der Waals surface area contributed by atoms with Crippen LogP contribution in [0.25, 0.3) is 0 Å². The van der Waals surface area contributed by atoms with Crippen molar-refractivity contribution in [1.82, 2.24) is 0 Å². The van der Waals surface area contributed by atoms with Gasteiger partial charge in [-0.05, 0) is 12.1 Å². The second-order valence-electron chi connectivity index (χ2n) is 5.35. The van der Waals surface area contributed by atoms with E-state index in [1.54, 1.807) is 13.2 Å². The molecule has 2 unspecified atom stereocenters. The molecule has 5 heteroatoms. The molecule has 5 nitrogen and oxygen atoms in total. The zero-order valence-corrected chi connectivity index (χ0v) is 12.1. The quantitative estimate of drug-likeness (QED) is 0.924. The summed E-state index contributed by atoms with van der Waals surface area (Å²) < 4.78 is 21.9. The topological polar surface area (TPSA) is 57.2 Å². The molecule has 2 aromatic carbocycles. The van der Waals surface area contributed by atoms with Gasteiger partial charge in [0, 0.05) is 29.5 Å². The van der Waals surface area contributed by atoms with Gasteiger partial charge in [0.2, 0.25) is 6.79 Å². The molecule has 0 spiro atoms. The summed E-state index contributed by atoms with van der Waals surface area (Å²) in [4.78, 5) is 0. The first-order valence-corrected chi connectivity index (χ1v) is 7.17. The Labute approximate surface area is 128 Å². The summed E-state index contributed by atoms with van der Waals surface area (Å²) in [7, 11) is 1.65. The number of hydrogen-bond acceptors (Lipinski definition) is 5. The van der Waals surface area contributed by atoms with Gasteiger partial charge in [0.25, 0.3) is 0 Å². The normalized spacial score (nSPS) is 21.9. The zero-order valence-electron chi connectivity index (χ0n) is 12.1. The molecule has 0 saturated carbocycles. The van der Waals surface area contributed by atoms with E-state index in [-0.39, 0.29) is 12.7 Å². The van der Waals surface area contributed by atoms with Gasteiger partial charge in [-0.25, -0.2) is 0 Å². The summed E-state index contributed by atoms with van der Waals surface area (Å²) >= 11 is 0. The van der Waals surface area contributed by atoms with Crippen LogP contribution in [0.3, 0.4) is 0 Å². The Hall–Kier alpha value is -2.40. The third-order valence-corrected chi connectivity index (χ3v) is 4.10. The number of methoxy groups -OCH3 is 1. The van der Waals surface area contributed by atoms with Crippen LogP contribution < -0.4 is 18.9 Å². The van der Waals surface area contributed by atoms with Crippen molar-refractivity contribution in [3.05, 3.63) is 47.5 Å². The van der Waals surface area contributed by atoms with Gasteiger partial charge in [0.05, 0.1) is 7.11 Å². The number of hydrogen-bond donors (Lipinski definition) is 1. The smallest absolute Gasteiger partial charge is 0.231 e. The first kappa shape index (κ1) is 13.3. The van der Waals surface area contributed by atoms with Gasteiger partial charge in [-0.3, -0.25) is 0 Å². The van der Waals surface area contributed by atoms with Crippen LogP contribution in [0.5, 0.6) is 23.0 Å². The first-order chi connectivity index (χ1) is 10.8. The first-order valence-electron chi connectivity index (χ1n) is 7.17. The monoisotopic (exact) mass is 300 g/mol. The third kappa shape index (κ3) is 2.05. The molecule has 0 fully saturated rings. The van der Waals surface area contributed by atoms with Crippen LogP contribution in [0.15, 0.2) is 36.4 Å². The molecule has 0 amide bonds. The number of aliphatic hydroxyl groups excluding tert-OH is 1. The maximum atomic E-state index is 10.1. The summed E-state index contributed by atoms with van der Waals surface area (Å²) in [6.45, 7) is 0.208. The van der Waals surface area contributed by atoms with Gasteiger partial charge in [0.15, 0.2) is 17.8 Å². The van der Waals surface area contributed by atoms with E-state index >= 15 is 0 Å². The number of rotatable bonds is 2. The highest BCUT2D eigenvalue weighted by atomic mass is 16.7. The maximum Gasteiger partial charge on any atom is 0.231 e. The average molecular weight is 300 g/mol. The van der Waals surface area contributed by atoms with Crippen molar-refractivity contribution in [3.8, 4) is 23.0 Å². The molecule has 2 aromatic rings. The Bertz CT molecular complexity index is 712. The van der Waals surface area contributed by atoms with E-state index in [2.05, 4.69) is 0 Å². The summed E-state index contributed by atoms with van der Waals surface area (Å²) in [5, 5.41) is 10.1. The molecule has 2 atom stereocenters. The van der Waals surface area contributed by atoms with E-state index in [0.29, 0.717) is 23.7 Å². The fourth-order valence-corrected chi connectivity index (χ4v) is 3.09. The van der Waals surface area contributed by atoms with E-state index in [9.17, 15) is 5.11 Å². The highest BCUT2D eigenvalue weighted by Gasteiger charge is 2.32. The van der Waals surface area contributed by atoms with E-state index in [1.165, 1.54) is 0 Å². The molecule has 0 saturated heterocycles. The Balaban J connectivity index is 1.85. The summed E-state index contributed by atoms with van der Waals surface area (Å²) in [5.41, 5.74) is 1.99. The molecule has 1 N–H and O–H groups in total. The number of ether oxygens (including phenoxy) is 4. The van der Waals surface area contributed by atoms with Crippen LogP contribution in [0, 0.1) is 0 Å². The fourth-order valence-electron chi connectivity index (χ4n) is 3.09. The number of para-hydroxylation sites is 1. The second kappa shape index (κ2) is 5.10. The second-order valence-corrected chi connectivity index (χ2v) is 5.35. The molecule has 0 aliphatic carbocycles. The van der Waals surface area contributed by atoms with Gasteiger partial charge < -0.3 is 24.1 Å². The number of aliphatic hydroxyl groups is 1. The van der Waals surface area contributed by atoms with Crippen molar-refractivity contribution in [2.24, 2.45) is 0 Å². The van der Waals surface area contributed by atoms with Crippen LogP contribution in [0.1, 0.15) is 23.5 Å². The molecule has 114 valence electrons. The van der Waals surface area contributed by atoms with E-state index in [1.807, 2.05) is 30.3 Å². The van der Waals surface area contributed by atoms with Crippen molar-refractivity contribution in [1.29, 1.82) is 0 Å². The predicted molar refractivity (Wildman–Crippen MR) is 78.7 cm³/mol. The SMILES string of the molecule is COc1ccccc1C1CC(O)Oc2cc3c(cc21)OCO3. The number of fused-ring (bicyclic) bond motifs is 2. The minimum absolute atomic E-state index is 0.0237. The lowest BCUT2D eigenvalue weighted by atomic mass is 9.85. The van der Waals surface area contributed by atoms with E-state index in [0.717, 1.165) is 16.9 Å². The van der Waals surface area contributed by atoms with Crippen LogP contribution in [-0.2, 0) is 0 Å². The molecule has 0 bridgehead atoms. The largest absolute Gasteiger partial charge is 0.496 e. The van der Waals surface area contributed by atoms with Gasteiger partial charge in [0.1, 0.15) is 11.5 Å². The molecule has 2 aliphatic heterocycles. The number of benzene rings is 2. The molecular weight excluding hydrogens is 284 g/mol. The third-order valence-electron chi connectivity index (χ3n) is 4.10. The Morgan fingerprint density at radius 3 is 2.64 bits per heavy atom. The molecule has 2 heterocycles. The van der Waals surface area contributed by atoms with Crippen LogP contribution >= 0.6 is 0 Å². The van der Waals surface area contributed by atoms with Crippen molar-refractivity contribution in [3.63, 3.8) is 0 Å². The Kier molecular flexibility index (Phi) is 3.08. The average Bonchev–Trinajstić information content (AvgIpc) is 2.99. The molecule has 0 radical (unpaired) electrons. The minimum atomic E-state index is -0.859. The molecule has 22 heavy (non-hydrogen) atoms. The van der Waals surface area contributed by atoms with Gasteiger partial charge in [-0.2, -0.15) is 0 Å². The van der Waals surface area contributed by atoms with Crippen LogP contribution in [0.4, 0.5) is 0 Å². The Morgan fingerprint density at radius 1 is 1.05 bits per heavy atom. The van der Waals surface area contributed by atoms with Crippen LogP contribution in [-0.4, -0.2) is 25.3 Å². The molecule has 0 aromatic heterocycles. The van der Waals surface area contributed by atoms with Crippen molar-refractivity contribution in [2.75, 3.05) is 13.9 Å². The fraction of sp³-hybridized carbons (Fsp3) is 0.294. The standard InChI is InChI=1S/C17H16O5/c1-19-13-5-3-2-4-10(13)11-7-17(18)22-14-8-16-15(6-12(11)14)20-9-21-16/h2-6,8,11,17-18H,7,9H2,1H3. The van der Waals surface area contributed by atoms with Gasteiger partial charge in [-0.15, -0.1) is 0 Å². The predicted octanol–water partition coefficient (Wildman–Crippen LogP) is 2.66. The molecule has 4 rings (SSSR count). The molecular formula is C17H16O5. The highest BCUT2D eigenvalue weighted by Crippen LogP contribution is 2.48. The minimum Gasteiger partial charge on any atom is -0.496 e. The van der Waals surface area contributed by atoms with Gasteiger partial charge in [-0.1, -0.05) is 18.2 Å². The van der Waals surface area contributed by atoms with E-state index < -0.39 is 6.29 Å². The summed E-state index contributed by atoms with van der Waals surface area (Å²) in [5.74, 6) is 2.75. The summed E-state index contributed by atoms with van der Waals surface area (Å²) in [6, 6.07) is 11.5. The van der Waals surface area contributed by atoms with Crippen molar-refractivity contribution >= 4 is 0 Å². The molecule has 2 aliphatic rings. The van der Waals surface area contributed by atoms with Gasteiger partial charge >= 0.3 is 0 Å². The zero-order chi connectivity index (χ0) is 15.1. The Morgan fingerprint density at radius 2 is 1.82 bits per heavy atom. The summed E-state index contributed by atoms with van der Waals surface area (Å²) in [6.07, 6.45) is -0.393. The van der Waals surface area contributed by atoms with Crippen LogP contribution in [0.2, 0.25) is 0 Å². The van der Waals surface area contributed by atoms with Crippen molar-refractivity contribution < 1.29 is 24.1 Å².